The molecule has 4 rings (SSSR count). The summed E-state index contributed by atoms with van der Waals surface area (Å²) in [5.41, 5.74) is 0.0640. The van der Waals surface area contributed by atoms with Gasteiger partial charge in [-0.25, -0.2) is 0 Å². The Hall–Kier alpha value is -0.650. The Morgan fingerprint density at radius 2 is 1.38 bits per heavy atom. The van der Waals surface area contributed by atoms with E-state index >= 15 is 0 Å². The first kappa shape index (κ1) is 38.8. The lowest BCUT2D eigenvalue weighted by molar-refractivity contribution is -0.929. The molecule has 0 aromatic rings. The number of carbonyl (C=O) groups excluding carboxylic acids is 1. The Morgan fingerprint density at radius 3 is 1.89 bits per heavy atom. The Morgan fingerprint density at radius 1 is 0.822 bits per heavy atom. The fourth-order valence-corrected chi connectivity index (χ4v) is 11.4. The largest absolute Gasteiger partial charge is 0.550 e. The van der Waals surface area contributed by atoms with E-state index in [9.17, 15) is 20.1 Å². The predicted molar refractivity (Wildman–Crippen MR) is 185 cm³/mol. The Bertz CT molecular complexity index is 841. The van der Waals surface area contributed by atoms with Crippen LogP contribution in [0.1, 0.15) is 164 Å². The van der Waals surface area contributed by atoms with Crippen molar-refractivity contribution >= 4 is 5.97 Å². The van der Waals surface area contributed by atoms with Crippen LogP contribution in [-0.2, 0) is 4.79 Å². The molecule has 0 amide bonds. The van der Waals surface area contributed by atoms with Crippen molar-refractivity contribution in [2.45, 2.75) is 176 Å². The molecular weight excluding hydrogens is 558 g/mol. The lowest BCUT2D eigenvalue weighted by Gasteiger charge is -2.63. The number of hydrogen-bond acceptors (Lipinski definition) is 4. The first-order valence-electron chi connectivity index (χ1n) is 19.8. The second kappa shape index (κ2) is 17.7. The van der Waals surface area contributed by atoms with Crippen LogP contribution >= 0.6 is 0 Å². The van der Waals surface area contributed by atoms with Crippen molar-refractivity contribution in [1.82, 2.24) is 0 Å². The average molecular weight is 634 g/mol. The maximum atomic E-state index is 11.5. The molecule has 4 aliphatic carbocycles. The van der Waals surface area contributed by atoms with E-state index < -0.39 is 5.97 Å². The van der Waals surface area contributed by atoms with Crippen molar-refractivity contribution in [2.75, 3.05) is 26.2 Å². The molecule has 0 spiro atoms. The highest BCUT2D eigenvalue weighted by atomic mass is 16.4. The van der Waals surface area contributed by atoms with Gasteiger partial charge in [0.15, 0.2) is 0 Å². The van der Waals surface area contributed by atoms with E-state index in [1.807, 2.05) is 0 Å². The molecule has 4 fully saturated rings. The summed E-state index contributed by atoms with van der Waals surface area (Å²) < 4.78 is 1.42. The molecule has 0 aromatic heterocycles. The van der Waals surface area contributed by atoms with Gasteiger partial charge in [-0.1, -0.05) is 87.0 Å². The first-order valence-corrected chi connectivity index (χ1v) is 19.8. The topological polar surface area (TPSA) is 80.6 Å². The summed E-state index contributed by atoms with van der Waals surface area (Å²) in [5.74, 6) is 1.29. The number of rotatable bonds is 16. The fraction of sp³-hybridized carbons (Fsp3) is 0.975. The fourth-order valence-electron chi connectivity index (χ4n) is 11.4. The summed E-state index contributed by atoms with van der Waals surface area (Å²) in [6.07, 6.45) is 20.1. The summed E-state index contributed by atoms with van der Waals surface area (Å²) in [5, 5.41) is 33.6. The zero-order valence-electron chi connectivity index (χ0n) is 30.8. The third-order valence-electron chi connectivity index (χ3n) is 14.2. The van der Waals surface area contributed by atoms with Gasteiger partial charge in [-0.05, 0) is 123 Å². The third-order valence-corrected chi connectivity index (χ3v) is 14.2. The van der Waals surface area contributed by atoms with E-state index in [0.29, 0.717) is 36.0 Å². The highest BCUT2D eigenvalue weighted by Gasteiger charge is 2.65. The van der Waals surface area contributed by atoms with E-state index in [-0.39, 0.29) is 35.4 Å². The molecule has 0 radical (unpaired) electrons. The highest BCUT2D eigenvalue weighted by molar-refractivity contribution is 5.64. The summed E-state index contributed by atoms with van der Waals surface area (Å²) in [4.78, 5) is 11.0. The summed E-state index contributed by atoms with van der Waals surface area (Å²) in [7, 11) is 0. The molecule has 10 atom stereocenters. The standard InChI is InChI=1S/C24H40O4.C16H36N/c1-14(7-10-21(27)28)16-8-9-17-22-18(13-20(26)24(16,17)3)23(2)11-5-4-6-15(23)12-19(22)25;1-5-9-13-17(14-10-6-2,15-11-7-3)16-12-8-4/h14-20,22,25-26H,4-13H2,1-3H3,(H,27,28);5-16H2,1-4H3/q;+1/p-1. The van der Waals surface area contributed by atoms with Gasteiger partial charge in [0.1, 0.15) is 0 Å². The molecule has 5 nitrogen and oxygen atoms in total. The van der Waals surface area contributed by atoms with Crippen LogP contribution in [0.25, 0.3) is 0 Å². The van der Waals surface area contributed by atoms with Crippen molar-refractivity contribution in [3.8, 4) is 0 Å². The molecule has 264 valence electrons. The van der Waals surface area contributed by atoms with Crippen LogP contribution in [0.4, 0.5) is 0 Å². The number of carboxylic acids is 1. The lowest BCUT2D eigenvalue weighted by Crippen LogP contribution is -2.61. The first-order chi connectivity index (χ1) is 21.4. The minimum atomic E-state index is -0.977. The normalized spacial score (nSPS) is 36.7. The van der Waals surface area contributed by atoms with Crippen molar-refractivity contribution < 1.29 is 24.6 Å². The second-order valence-corrected chi connectivity index (χ2v) is 16.9. The van der Waals surface area contributed by atoms with Crippen molar-refractivity contribution in [2.24, 2.45) is 46.3 Å². The van der Waals surface area contributed by atoms with Gasteiger partial charge in [0.2, 0.25) is 0 Å². The Kier molecular flexibility index (Phi) is 15.2. The number of aliphatic hydroxyl groups excluding tert-OH is 2. The molecule has 5 heteroatoms. The molecule has 0 aromatic carbocycles. The molecule has 0 aliphatic heterocycles. The quantitative estimate of drug-likeness (QED) is 0.168. The van der Waals surface area contributed by atoms with E-state index in [1.54, 1.807) is 0 Å². The number of unbranched alkanes of at least 4 members (excludes halogenated alkanes) is 4. The minimum Gasteiger partial charge on any atom is -0.550 e. The number of aliphatic carboxylic acids is 1. The van der Waals surface area contributed by atoms with Gasteiger partial charge in [0.05, 0.1) is 38.4 Å². The van der Waals surface area contributed by atoms with E-state index in [0.717, 1.165) is 25.7 Å². The van der Waals surface area contributed by atoms with Crippen LogP contribution < -0.4 is 5.11 Å². The monoisotopic (exact) mass is 634 g/mol. The maximum absolute atomic E-state index is 11.5. The predicted octanol–water partition coefficient (Wildman–Crippen LogP) is 8.15. The average Bonchev–Trinajstić information content (AvgIpc) is 3.38. The minimum absolute atomic E-state index is 0.100. The van der Waals surface area contributed by atoms with Gasteiger partial charge in [0, 0.05) is 5.97 Å². The molecule has 0 heterocycles. The van der Waals surface area contributed by atoms with Crippen LogP contribution in [0.15, 0.2) is 0 Å². The van der Waals surface area contributed by atoms with Gasteiger partial charge >= 0.3 is 0 Å². The molecule has 0 saturated heterocycles. The Labute approximate surface area is 278 Å². The van der Waals surface area contributed by atoms with Crippen LogP contribution in [0.2, 0.25) is 0 Å². The summed E-state index contributed by atoms with van der Waals surface area (Å²) >= 11 is 0. The van der Waals surface area contributed by atoms with E-state index in [2.05, 4.69) is 48.5 Å². The zero-order valence-corrected chi connectivity index (χ0v) is 30.8. The number of nitrogens with zero attached hydrogens (tertiary/aromatic N) is 1. The lowest BCUT2D eigenvalue weighted by atomic mass is 9.43. The van der Waals surface area contributed by atoms with Crippen LogP contribution in [-0.4, -0.2) is 59.1 Å². The summed E-state index contributed by atoms with van der Waals surface area (Å²) in [6.45, 7) is 21.9. The maximum Gasteiger partial charge on any atom is 0.0786 e. The van der Waals surface area contributed by atoms with Crippen LogP contribution in [0.3, 0.4) is 0 Å². The molecule has 45 heavy (non-hydrogen) atoms. The van der Waals surface area contributed by atoms with Gasteiger partial charge in [0.25, 0.3) is 0 Å². The number of aliphatic hydroxyl groups is 2. The van der Waals surface area contributed by atoms with Crippen LogP contribution in [0.5, 0.6) is 0 Å². The van der Waals surface area contributed by atoms with Gasteiger partial charge in [-0.15, -0.1) is 0 Å². The van der Waals surface area contributed by atoms with Crippen LogP contribution in [0, 0.1) is 46.3 Å². The smallest absolute Gasteiger partial charge is 0.0786 e. The number of fused-ring (bicyclic) bond motifs is 5. The second-order valence-electron chi connectivity index (χ2n) is 16.9. The molecule has 2 N–H and O–H groups in total. The van der Waals surface area contributed by atoms with E-state index in [1.165, 1.54) is 108 Å². The molecule has 10 unspecified atom stereocenters. The van der Waals surface area contributed by atoms with Crippen molar-refractivity contribution in [3.63, 3.8) is 0 Å². The molecule has 4 aliphatic rings. The SMILES string of the molecule is CC(CCC(=O)[O-])C1CCC2C3C(O)CC4CCCCC4(C)C3CC(O)C12C.CCCC[N+](CCCC)(CCCC)CCCC. The molecular formula is C40H75NO4. The van der Waals surface area contributed by atoms with Gasteiger partial charge in [-0.3, -0.25) is 0 Å². The van der Waals surface area contributed by atoms with E-state index in [4.69, 9.17) is 0 Å². The van der Waals surface area contributed by atoms with Gasteiger partial charge < -0.3 is 24.6 Å². The number of hydrogen-bond donors (Lipinski definition) is 2. The van der Waals surface area contributed by atoms with Gasteiger partial charge in [-0.2, -0.15) is 0 Å². The third kappa shape index (κ3) is 8.88. The van der Waals surface area contributed by atoms with Crippen molar-refractivity contribution in [1.29, 1.82) is 0 Å². The van der Waals surface area contributed by atoms with Crippen molar-refractivity contribution in [3.05, 3.63) is 0 Å². The number of quaternary nitrogens is 1. The molecule has 0 bridgehead atoms. The molecule has 4 saturated carbocycles. The number of carboxylic acid groups (broad SMARTS) is 1. The number of carbonyl (C=O) groups is 1. The Balaban J connectivity index is 0.000000281. The summed E-state index contributed by atoms with van der Waals surface area (Å²) in [6, 6.07) is 0. The highest BCUT2D eigenvalue weighted by Crippen LogP contribution is 2.68. The zero-order chi connectivity index (χ0) is 33.3.